The minimum absolute atomic E-state index is 0.0822. The fourth-order valence-electron chi connectivity index (χ4n) is 2.21. The lowest BCUT2D eigenvalue weighted by molar-refractivity contribution is -0.384. The maximum atomic E-state index is 12.1. The van der Waals surface area contributed by atoms with E-state index in [-0.39, 0.29) is 23.6 Å². The van der Waals surface area contributed by atoms with E-state index in [1.54, 1.807) is 6.92 Å². The lowest BCUT2D eigenvalue weighted by Crippen LogP contribution is -2.46. The minimum atomic E-state index is -1.14. The zero-order chi connectivity index (χ0) is 19.1. The molecule has 136 valence electrons. The highest BCUT2D eigenvalue weighted by Gasteiger charge is 2.21. The predicted molar refractivity (Wildman–Crippen MR) is 89.2 cm³/mol. The molecule has 25 heavy (non-hydrogen) atoms. The maximum Gasteiger partial charge on any atom is 0.326 e. The molecule has 1 atom stereocenters. The van der Waals surface area contributed by atoms with E-state index in [1.807, 2.05) is 13.8 Å². The van der Waals surface area contributed by atoms with E-state index in [0.29, 0.717) is 5.56 Å². The second-order valence-corrected chi connectivity index (χ2v) is 6.03. The Morgan fingerprint density at radius 1 is 1.28 bits per heavy atom. The number of nitrogens with one attached hydrogen (secondary N) is 2. The van der Waals surface area contributed by atoms with Crippen LogP contribution in [0.5, 0.6) is 0 Å². The molecule has 0 spiro atoms. The van der Waals surface area contributed by atoms with Gasteiger partial charge in [0.25, 0.3) is 11.6 Å². The smallest absolute Gasteiger partial charge is 0.326 e. The topological polar surface area (TPSA) is 139 Å². The Balaban J connectivity index is 2.65. The van der Waals surface area contributed by atoms with E-state index < -0.39 is 35.3 Å². The summed E-state index contributed by atoms with van der Waals surface area (Å²) in [6, 6.07) is 2.74. The number of carbonyl (C=O) groups is 3. The van der Waals surface area contributed by atoms with Crippen LogP contribution in [0.2, 0.25) is 0 Å². The molecule has 2 amide bonds. The first-order valence-corrected chi connectivity index (χ1v) is 7.67. The molecule has 0 aromatic heterocycles. The number of aryl methyl sites for hydroxylation is 1. The Morgan fingerprint density at radius 2 is 1.92 bits per heavy atom. The lowest BCUT2D eigenvalue weighted by atomic mass is 10.0. The molecular weight excluding hydrogens is 330 g/mol. The summed E-state index contributed by atoms with van der Waals surface area (Å²) in [7, 11) is 0. The van der Waals surface area contributed by atoms with Gasteiger partial charge in [-0.3, -0.25) is 19.7 Å². The summed E-state index contributed by atoms with van der Waals surface area (Å²) in [6.45, 7) is 4.82. The minimum Gasteiger partial charge on any atom is -0.480 e. The quantitative estimate of drug-likeness (QED) is 0.476. The van der Waals surface area contributed by atoms with Gasteiger partial charge in [0.1, 0.15) is 6.04 Å². The van der Waals surface area contributed by atoms with Gasteiger partial charge in [0.05, 0.1) is 11.5 Å². The standard InChI is InChI=1S/C16H21N3O6/c1-9(2)6-13(16(22)23)18-14(20)8-17-15(21)12-5-4-11(19(24)25)7-10(12)3/h4-5,7,9,13H,6,8H2,1-3H3,(H,17,21)(H,18,20)(H,22,23)/t13-/m0/s1. The molecule has 0 aliphatic carbocycles. The number of nitro groups is 1. The van der Waals surface area contributed by atoms with Crippen molar-refractivity contribution in [1.82, 2.24) is 10.6 Å². The van der Waals surface area contributed by atoms with Crippen molar-refractivity contribution in [2.24, 2.45) is 5.92 Å². The van der Waals surface area contributed by atoms with Gasteiger partial charge in [-0.1, -0.05) is 13.8 Å². The first kappa shape index (κ1) is 20.1. The highest BCUT2D eigenvalue weighted by atomic mass is 16.6. The molecule has 0 unspecified atom stereocenters. The van der Waals surface area contributed by atoms with E-state index in [4.69, 9.17) is 5.11 Å². The molecule has 1 aromatic rings. The van der Waals surface area contributed by atoms with E-state index in [1.165, 1.54) is 18.2 Å². The summed E-state index contributed by atoms with van der Waals surface area (Å²) in [4.78, 5) is 45.1. The number of rotatable bonds is 8. The Labute approximate surface area is 144 Å². The normalized spacial score (nSPS) is 11.7. The summed E-state index contributed by atoms with van der Waals surface area (Å²) in [6.07, 6.45) is 0.274. The van der Waals surface area contributed by atoms with Gasteiger partial charge >= 0.3 is 5.97 Å². The van der Waals surface area contributed by atoms with Crippen LogP contribution < -0.4 is 10.6 Å². The highest BCUT2D eigenvalue weighted by molar-refractivity contribution is 5.98. The monoisotopic (exact) mass is 351 g/mol. The van der Waals surface area contributed by atoms with Gasteiger partial charge in [0.2, 0.25) is 5.91 Å². The molecule has 0 bridgehead atoms. The molecule has 0 fully saturated rings. The molecule has 0 aliphatic rings. The molecule has 1 rings (SSSR count). The van der Waals surface area contributed by atoms with Crippen molar-refractivity contribution in [2.75, 3.05) is 6.54 Å². The molecule has 3 N–H and O–H groups in total. The number of carbonyl (C=O) groups excluding carboxylic acids is 2. The van der Waals surface area contributed by atoms with Crippen molar-refractivity contribution in [3.63, 3.8) is 0 Å². The Bertz CT molecular complexity index is 686. The molecule has 0 heterocycles. The molecular formula is C16H21N3O6. The number of carboxylic acids is 1. The summed E-state index contributed by atoms with van der Waals surface area (Å²) in [5.74, 6) is -2.25. The van der Waals surface area contributed by atoms with E-state index >= 15 is 0 Å². The molecule has 0 saturated carbocycles. The Morgan fingerprint density at radius 3 is 2.40 bits per heavy atom. The van der Waals surface area contributed by atoms with E-state index in [0.717, 1.165) is 0 Å². The van der Waals surface area contributed by atoms with Gasteiger partial charge in [-0.25, -0.2) is 4.79 Å². The van der Waals surface area contributed by atoms with Crippen LogP contribution in [0.4, 0.5) is 5.69 Å². The van der Waals surface area contributed by atoms with Crippen molar-refractivity contribution in [2.45, 2.75) is 33.2 Å². The van der Waals surface area contributed by atoms with Crippen molar-refractivity contribution < 1.29 is 24.4 Å². The first-order chi connectivity index (χ1) is 11.6. The molecule has 0 radical (unpaired) electrons. The third-order valence-corrected chi connectivity index (χ3v) is 3.42. The zero-order valence-corrected chi connectivity index (χ0v) is 14.2. The fraction of sp³-hybridized carbons (Fsp3) is 0.438. The average Bonchev–Trinajstić information content (AvgIpc) is 2.51. The van der Waals surface area contributed by atoms with Gasteiger partial charge in [0, 0.05) is 17.7 Å². The van der Waals surface area contributed by atoms with Crippen LogP contribution in [0, 0.1) is 23.0 Å². The van der Waals surface area contributed by atoms with Crippen molar-refractivity contribution in [1.29, 1.82) is 0 Å². The summed E-state index contributed by atoms with van der Waals surface area (Å²) < 4.78 is 0. The number of hydrogen-bond acceptors (Lipinski definition) is 5. The van der Waals surface area contributed by atoms with Crippen LogP contribution in [0.1, 0.15) is 36.2 Å². The summed E-state index contributed by atoms with van der Waals surface area (Å²) in [5, 5.41) is 24.5. The van der Waals surface area contributed by atoms with Gasteiger partial charge in [-0.15, -0.1) is 0 Å². The molecule has 0 saturated heterocycles. The van der Waals surface area contributed by atoms with Gasteiger partial charge in [0.15, 0.2) is 0 Å². The van der Waals surface area contributed by atoms with Crippen LogP contribution in [0.3, 0.4) is 0 Å². The van der Waals surface area contributed by atoms with Crippen LogP contribution in [-0.4, -0.2) is 40.4 Å². The lowest BCUT2D eigenvalue weighted by Gasteiger charge is -2.16. The molecule has 9 nitrogen and oxygen atoms in total. The highest BCUT2D eigenvalue weighted by Crippen LogP contribution is 2.16. The third kappa shape index (κ3) is 6.21. The number of amides is 2. The van der Waals surface area contributed by atoms with Crippen LogP contribution in [0.15, 0.2) is 18.2 Å². The van der Waals surface area contributed by atoms with E-state index in [2.05, 4.69) is 10.6 Å². The van der Waals surface area contributed by atoms with Crippen LogP contribution in [-0.2, 0) is 9.59 Å². The van der Waals surface area contributed by atoms with Crippen molar-refractivity contribution in [3.05, 3.63) is 39.4 Å². The number of nitro benzene ring substituents is 1. The molecule has 1 aromatic carbocycles. The molecule has 0 aliphatic heterocycles. The Hall–Kier alpha value is -2.97. The predicted octanol–water partition coefficient (Wildman–Crippen LogP) is 1.25. The number of hydrogen-bond donors (Lipinski definition) is 3. The SMILES string of the molecule is Cc1cc([N+](=O)[O-])ccc1C(=O)NCC(=O)N[C@@H](CC(C)C)C(=O)O. The number of aliphatic carboxylic acids is 1. The first-order valence-electron chi connectivity index (χ1n) is 7.67. The number of nitrogens with zero attached hydrogens (tertiary/aromatic N) is 1. The van der Waals surface area contributed by atoms with Crippen molar-refractivity contribution >= 4 is 23.5 Å². The number of benzene rings is 1. The zero-order valence-electron chi connectivity index (χ0n) is 14.2. The van der Waals surface area contributed by atoms with Crippen molar-refractivity contribution in [3.8, 4) is 0 Å². The van der Waals surface area contributed by atoms with E-state index in [9.17, 15) is 24.5 Å². The number of carboxylic acid groups (broad SMARTS) is 1. The largest absolute Gasteiger partial charge is 0.480 e. The van der Waals surface area contributed by atoms with Crippen LogP contribution >= 0.6 is 0 Å². The van der Waals surface area contributed by atoms with Gasteiger partial charge in [-0.05, 0) is 30.9 Å². The fourth-order valence-corrected chi connectivity index (χ4v) is 2.21. The molecule has 9 heteroatoms. The summed E-state index contributed by atoms with van der Waals surface area (Å²) >= 11 is 0. The second-order valence-electron chi connectivity index (χ2n) is 6.03. The average molecular weight is 351 g/mol. The maximum absolute atomic E-state index is 12.1. The second kappa shape index (κ2) is 8.76. The van der Waals surface area contributed by atoms with Gasteiger partial charge < -0.3 is 15.7 Å². The summed E-state index contributed by atoms with van der Waals surface area (Å²) in [5.41, 5.74) is 0.468. The third-order valence-electron chi connectivity index (χ3n) is 3.42. The number of non-ortho nitro benzene ring substituents is 1. The Kier molecular flexibility index (Phi) is 7.04. The van der Waals surface area contributed by atoms with Crippen LogP contribution in [0.25, 0.3) is 0 Å². The van der Waals surface area contributed by atoms with Gasteiger partial charge in [-0.2, -0.15) is 0 Å².